The van der Waals surface area contributed by atoms with Crippen molar-refractivity contribution in [2.75, 3.05) is 18.9 Å². The third kappa shape index (κ3) is 4.39. The molecule has 0 aliphatic rings. The molecule has 0 aromatic heterocycles. The Kier molecular flexibility index (Phi) is 5.87. The Morgan fingerprint density at radius 2 is 1.72 bits per heavy atom. The number of benzene rings is 2. The van der Waals surface area contributed by atoms with Crippen LogP contribution in [0.15, 0.2) is 41.3 Å². The molecule has 0 heterocycles. The summed E-state index contributed by atoms with van der Waals surface area (Å²) >= 11 is 6.06. The molecule has 25 heavy (non-hydrogen) atoms. The summed E-state index contributed by atoms with van der Waals surface area (Å²) in [7, 11) is -2.50. The zero-order valence-corrected chi connectivity index (χ0v) is 16.2. The Balaban J connectivity index is 2.18. The Morgan fingerprint density at radius 3 is 2.28 bits per heavy atom. The Bertz CT molecular complexity index is 890. The van der Waals surface area contributed by atoms with Crippen LogP contribution in [0.4, 0.5) is 5.69 Å². The van der Waals surface area contributed by atoms with Crippen LogP contribution < -0.4 is 5.32 Å². The van der Waals surface area contributed by atoms with Crippen molar-refractivity contribution in [3.8, 4) is 0 Å². The van der Waals surface area contributed by atoms with Gasteiger partial charge in [-0.25, -0.2) is 8.42 Å². The number of anilines is 1. The second kappa shape index (κ2) is 7.56. The van der Waals surface area contributed by atoms with Gasteiger partial charge in [0.25, 0.3) is 0 Å². The summed E-state index contributed by atoms with van der Waals surface area (Å²) in [5.74, 6) is -0.410. The van der Waals surface area contributed by atoms with E-state index in [1.807, 2.05) is 39.0 Å². The third-order valence-electron chi connectivity index (χ3n) is 3.89. The molecule has 0 spiro atoms. The van der Waals surface area contributed by atoms with Crippen LogP contribution in [-0.4, -0.2) is 32.2 Å². The number of likely N-dealkylation sites (N-methyl/N-ethyl adjacent to an activating group) is 1. The van der Waals surface area contributed by atoms with Crippen LogP contribution in [0, 0.1) is 20.8 Å². The number of hydrogen-bond acceptors (Lipinski definition) is 3. The first kappa shape index (κ1) is 19.4. The summed E-state index contributed by atoms with van der Waals surface area (Å²) in [5, 5.41) is 2.92. The monoisotopic (exact) mass is 380 g/mol. The molecular formula is C18H21ClN2O3S. The van der Waals surface area contributed by atoms with E-state index in [0.717, 1.165) is 21.0 Å². The van der Waals surface area contributed by atoms with Gasteiger partial charge in [-0.3, -0.25) is 4.79 Å². The summed E-state index contributed by atoms with van der Waals surface area (Å²) < 4.78 is 26.3. The minimum Gasteiger partial charge on any atom is -0.324 e. The molecule has 0 saturated heterocycles. The molecule has 0 unspecified atom stereocenters. The maximum absolute atomic E-state index is 12.6. The molecule has 0 atom stereocenters. The van der Waals surface area contributed by atoms with Crippen molar-refractivity contribution in [1.82, 2.24) is 4.31 Å². The van der Waals surface area contributed by atoms with Crippen LogP contribution in [0.2, 0.25) is 5.02 Å². The molecule has 0 bridgehead atoms. The lowest BCUT2D eigenvalue weighted by Gasteiger charge is -2.19. The standard InChI is InChI=1S/C18H21ClN2O3S/c1-12-8-9-16(15(19)10-12)25(23,24)21(4)11-17(22)20-18-13(2)6-5-7-14(18)3/h5-10H,11H2,1-4H3,(H,20,22). The maximum atomic E-state index is 12.6. The van der Waals surface area contributed by atoms with Crippen molar-refractivity contribution in [3.05, 3.63) is 58.1 Å². The van der Waals surface area contributed by atoms with Gasteiger partial charge in [-0.15, -0.1) is 0 Å². The lowest BCUT2D eigenvalue weighted by Crippen LogP contribution is -2.35. The highest BCUT2D eigenvalue weighted by atomic mass is 35.5. The molecule has 2 rings (SSSR count). The van der Waals surface area contributed by atoms with Crippen LogP contribution in [0.25, 0.3) is 0 Å². The van der Waals surface area contributed by atoms with Gasteiger partial charge in [0.1, 0.15) is 4.90 Å². The van der Waals surface area contributed by atoms with E-state index in [4.69, 9.17) is 11.6 Å². The van der Waals surface area contributed by atoms with Gasteiger partial charge >= 0.3 is 0 Å². The number of aryl methyl sites for hydroxylation is 3. The number of hydrogen-bond donors (Lipinski definition) is 1. The van der Waals surface area contributed by atoms with Gasteiger partial charge in [0.2, 0.25) is 15.9 Å². The molecule has 0 aliphatic carbocycles. The van der Waals surface area contributed by atoms with Crippen molar-refractivity contribution in [2.24, 2.45) is 0 Å². The first-order chi connectivity index (χ1) is 11.6. The van der Waals surface area contributed by atoms with Crippen LogP contribution in [-0.2, 0) is 14.8 Å². The quantitative estimate of drug-likeness (QED) is 0.862. The maximum Gasteiger partial charge on any atom is 0.244 e. The Labute approximate surface area is 153 Å². The molecule has 0 saturated carbocycles. The molecule has 2 aromatic rings. The predicted molar refractivity (Wildman–Crippen MR) is 101 cm³/mol. The second-order valence-electron chi connectivity index (χ2n) is 6.01. The van der Waals surface area contributed by atoms with E-state index in [1.165, 1.54) is 13.1 Å². The van der Waals surface area contributed by atoms with E-state index in [9.17, 15) is 13.2 Å². The van der Waals surface area contributed by atoms with Crippen molar-refractivity contribution >= 4 is 33.2 Å². The van der Waals surface area contributed by atoms with E-state index >= 15 is 0 Å². The van der Waals surface area contributed by atoms with Crippen molar-refractivity contribution in [1.29, 1.82) is 0 Å². The molecule has 1 N–H and O–H groups in total. The van der Waals surface area contributed by atoms with E-state index in [-0.39, 0.29) is 16.5 Å². The van der Waals surface area contributed by atoms with Crippen molar-refractivity contribution < 1.29 is 13.2 Å². The van der Waals surface area contributed by atoms with E-state index in [0.29, 0.717) is 5.69 Å². The number of carbonyl (C=O) groups excluding carboxylic acids is 1. The highest BCUT2D eigenvalue weighted by Crippen LogP contribution is 2.25. The van der Waals surface area contributed by atoms with E-state index in [1.54, 1.807) is 12.1 Å². The summed E-state index contributed by atoms with van der Waals surface area (Å²) in [4.78, 5) is 12.3. The zero-order chi connectivity index (χ0) is 18.8. The topological polar surface area (TPSA) is 66.5 Å². The molecule has 0 fully saturated rings. The predicted octanol–water partition coefficient (Wildman–Crippen LogP) is 3.52. The van der Waals surface area contributed by atoms with Gasteiger partial charge in [-0.1, -0.05) is 35.9 Å². The molecule has 0 aliphatic heterocycles. The van der Waals surface area contributed by atoms with Gasteiger partial charge in [0.15, 0.2) is 0 Å². The summed E-state index contributed by atoms with van der Waals surface area (Å²) in [6.07, 6.45) is 0. The number of rotatable bonds is 5. The number of nitrogens with one attached hydrogen (secondary N) is 1. The average Bonchev–Trinajstić information content (AvgIpc) is 2.50. The fourth-order valence-corrected chi connectivity index (χ4v) is 4.16. The Morgan fingerprint density at radius 1 is 1.12 bits per heavy atom. The minimum atomic E-state index is -3.85. The number of halogens is 1. The third-order valence-corrected chi connectivity index (χ3v) is 6.17. The molecule has 5 nitrogen and oxygen atoms in total. The van der Waals surface area contributed by atoms with Gasteiger partial charge in [-0.05, 0) is 49.6 Å². The molecule has 2 aromatic carbocycles. The smallest absolute Gasteiger partial charge is 0.244 e. The number of amides is 1. The van der Waals surface area contributed by atoms with E-state index in [2.05, 4.69) is 5.32 Å². The first-order valence-corrected chi connectivity index (χ1v) is 9.53. The summed E-state index contributed by atoms with van der Waals surface area (Å²) in [6.45, 7) is 5.29. The average molecular weight is 381 g/mol. The molecular weight excluding hydrogens is 360 g/mol. The van der Waals surface area contributed by atoms with Crippen LogP contribution in [0.1, 0.15) is 16.7 Å². The van der Waals surface area contributed by atoms with Crippen molar-refractivity contribution in [3.63, 3.8) is 0 Å². The van der Waals surface area contributed by atoms with Gasteiger partial charge in [-0.2, -0.15) is 4.31 Å². The van der Waals surface area contributed by atoms with Crippen LogP contribution >= 0.6 is 11.6 Å². The van der Waals surface area contributed by atoms with Crippen LogP contribution in [0.3, 0.4) is 0 Å². The highest BCUT2D eigenvalue weighted by Gasteiger charge is 2.25. The van der Waals surface area contributed by atoms with E-state index < -0.39 is 15.9 Å². The summed E-state index contributed by atoms with van der Waals surface area (Å²) in [5.41, 5.74) is 3.40. The largest absolute Gasteiger partial charge is 0.324 e. The molecule has 1 amide bonds. The minimum absolute atomic E-state index is 0.0119. The number of nitrogens with zero attached hydrogens (tertiary/aromatic N) is 1. The normalized spacial score (nSPS) is 11.6. The van der Waals surface area contributed by atoms with Gasteiger partial charge in [0, 0.05) is 12.7 Å². The van der Waals surface area contributed by atoms with Crippen LogP contribution in [0.5, 0.6) is 0 Å². The van der Waals surface area contributed by atoms with Gasteiger partial charge < -0.3 is 5.32 Å². The SMILES string of the molecule is Cc1ccc(S(=O)(=O)N(C)CC(=O)Nc2c(C)cccc2C)c(Cl)c1. The van der Waals surface area contributed by atoms with Crippen molar-refractivity contribution in [2.45, 2.75) is 25.7 Å². The fraction of sp³-hybridized carbons (Fsp3) is 0.278. The lowest BCUT2D eigenvalue weighted by molar-refractivity contribution is -0.116. The Hall–Kier alpha value is -1.89. The number of carbonyl (C=O) groups is 1. The second-order valence-corrected chi connectivity index (χ2v) is 8.43. The number of sulfonamides is 1. The molecule has 0 radical (unpaired) electrons. The lowest BCUT2D eigenvalue weighted by atomic mass is 10.1. The van der Waals surface area contributed by atoms with Gasteiger partial charge in [0.05, 0.1) is 11.6 Å². The fourth-order valence-electron chi connectivity index (χ4n) is 2.46. The molecule has 7 heteroatoms. The zero-order valence-electron chi connectivity index (χ0n) is 14.6. The number of para-hydroxylation sites is 1. The molecule has 134 valence electrons. The first-order valence-electron chi connectivity index (χ1n) is 7.71. The summed E-state index contributed by atoms with van der Waals surface area (Å²) in [6, 6.07) is 10.4. The highest BCUT2D eigenvalue weighted by molar-refractivity contribution is 7.89.